The summed E-state index contributed by atoms with van der Waals surface area (Å²) in [5, 5.41) is 28.4. The molecular formula is C29H34F5N5O6. The van der Waals surface area contributed by atoms with Crippen LogP contribution in [0.15, 0.2) is 18.3 Å². The fourth-order valence-electron chi connectivity index (χ4n) is 5.04. The fraction of sp³-hybridized carbons (Fsp3) is 0.483. The minimum atomic E-state index is -2.41. The zero-order valence-electron chi connectivity index (χ0n) is 25.0. The normalized spacial score (nSPS) is 24.9. The second-order valence-electron chi connectivity index (χ2n) is 11.4. The van der Waals surface area contributed by atoms with E-state index in [2.05, 4.69) is 20.9 Å². The number of pyridine rings is 1. The summed E-state index contributed by atoms with van der Waals surface area (Å²) < 4.78 is 71.2. The summed E-state index contributed by atoms with van der Waals surface area (Å²) in [4.78, 5) is 58.3. The summed E-state index contributed by atoms with van der Waals surface area (Å²) in [6.07, 6.45) is -1.85. The maximum atomic E-state index is 14.7. The highest BCUT2D eigenvalue weighted by atomic mass is 19.2. The van der Waals surface area contributed by atoms with Crippen molar-refractivity contribution in [2.24, 2.45) is 11.8 Å². The first-order chi connectivity index (χ1) is 21.0. The summed E-state index contributed by atoms with van der Waals surface area (Å²) in [6.45, 7) is 6.07. The number of hydrogen-bond acceptors (Lipinski definition) is 7. The molecule has 6 atom stereocenters. The van der Waals surface area contributed by atoms with E-state index in [9.17, 15) is 51.3 Å². The van der Waals surface area contributed by atoms with E-state index in [1.165, 1.54) is 33.2 Å². The van der Waals surface area contributed by atoms with Crippen molar-refractivity contribution in [3.05, 3.63) is 58.7 Å². The van der Waals surface area contributed by atoms with Crippen LogP contribution in [0, 0.1) is 40.9 Å². The van der Waals surface area contributed by atoms with Gasteiger partial charge >= 0.3 is 0 Å². The molecular weight excluding hydrogens is 609 g/mol. The quantitative estimate of drug-likeness (QED) is 0.182. The first kappa shape index (κ1) is 35.1. The Morgan fingerprint density at radius 1 is 1.00 bits per heavy atom. The first-order valence-electron chi connectivity index (χ1n) is 14.0. The molecule has 246 valence electrons. The lowest BCUT2D eigenvalue weighted by atomic mass is 9.89. The second kappa shape index (κ2) is 14.2. The summed E-state index contributed by atoms with van der Waals surface area (Å²) in [6, 6.07) is -3.47. The Morgan fingerprint density at radius 3 is 2.13 bits per heavy atom. The number of carbonyl (C=O) groups is 4. The van der Waals surface area contributed by atoms with Gasteiger partial charge in [0, 0.05) is 25.2 Å². The number of aromatic nitrogens is 1. The average molecular weight is 644 g/mol. The molecule has 0 spiro atoms. The van der Waals surface area contributed by atoms with Crippen molar-refractivity contribution in [2.75, 3.05) is 7.05 Å². The Balaban J connectivity index is 2.14. The zero-order valence-corrected chi connectivity index (χ0v) is 25.0. The smallest absolute Gasteiger partial charge is 0.274 e. The van der Waals surface area contributed by atoms with Crippen molar-refractivity contribution in [1.29, 1.82) is 0 Å². The Bertz CT molecular complexity index is 1450. The van der Waals surface area contributed by atoms with Gasteiger partial charge in [-0.25, -0.2) is 26.9 Å². The van der Waals surface area contributed by atoms with Crippen molar-refractivity contribution in [3.8, 4) is 5.75 Å². The van der Waals surface area contributed by atoms with Gasteiger partial charge in [0.25, 0.3) is 5.91 Å². The van der Waals surface area contributed by atoms with Crippen molar-refractivity contribution in [1.82, 2.24) is 25.8 Å². The maximum Gasteiger partial charge on any atom is 0.274 e. The van der Waals surface area contributed by atoms with E-state index in [1.54, 1.807) is 13.8 Å². The number of rotatable bonds is 6. The van der Waals surface area contributed by atoms with Gasteiger partial charge in [0.15, 0.2) is 29.0 Å². The molecule has 1 aliphatic heterocycles. The third-order valence-corrected chi connectivity index (χ3v) is 7.62. The van der Waals surface area contributed by atoms with Crippen LogP contribution in [-0.2, 0) is 20.8 Å². The van der Waals surface area contributed by atoms with Crippen LogP contribution < -0.4 is 16.0 Å². The number of hydrogen-bond donors (Lipinski definition) is 5. The Morgan fingerprint density at radius 2 is 1.58 bits per heavy atom. The van der Waals surface area contributed by atoms with Gasteiger partial charge in [-0.3, -0.25) is 19.2 Å². The van der Waals surface area contributed by atoms with Crippen LogP contribution in [0.4, 0.5) is 22.0 Å². The van der Waals surface area contributed by atoms with E-state index < -0.39 is 112 Å². The zero-order chi connectivity index (χ0) is 33.9. The van der Waals surface area contributed by atoms with Gasteiger partial charge in [0.05, 0.1) is 24.1 Å². The molecule has 1 aromatic carbocycles. The molecule has 1 saturated heterocycles. The number of aliphatic hydroxyl groups excluding tert-OH is 1. The molecule has 1 aromatic heterocycles. The Labute approximate surface area is 255 Å². The topological polar surface area (TPSA) is 161 Å². The predicted octanol–water partition coefficient (Wildman–Crippen LogP) is 1.70. The SMILES string of the molecule is CC(C)CC1C(=O)N[C@H](C)[C@H](NC(=O)c2ncccc2O)C(=O)N[C@@H](Cc2c(F)c(F)c(F)c(F)c2F)[C@@H](O)[C@@H](C)C(=O)N1C. The Kier molecular flexibility index (Phi) is 11.1. The predicted molar refractivity (Wildman–Crippen MR) is 148 cm³/mol. The summed E-state index contributed by atoms with van der Waals surface area (Å²) in [7, 11) is 1.29. The largest absolute Gasteiger partial charge is 0.505 e. The van der Waals surface area contributed by atoms with E-state index in [-0.39, 0.29) is 12.3 Å². The van der Waals surface area contributed by atoms with Crippen LogP contribution in [0.3, 0.4) is 0 Å². The lowest BCUT2D eigenvalue weighted by molar-refractivity contribution is -0.146. The van der Waals surface area contributed by atoms with Crippen LogP contribution in [0.1, 0.15) is 50.2 Å². The third kappa shape index (κ3) is 7.49. The van der Waals surface area contributed by atoms with Crippen molar-refractivity contribution < 1.29 is 51.3 Å². The molecule has 0 radical (unpaired) electrons. The van der Waals surface area contributed by atoms with Gasteiger partial charge in [0.1, 0.15) is 17.8 Å². The molecule has 11 nitrogen and oxygen atoms in total. The molecule has 0 bridgehead atoms. The van der Waals surface area contributed by atoms with Crippen LogP contribution in [-0.4, -0.2) is 81.0 Å². The molecule has 0 aliphatic carbocycles. The minimum absolute atomic E-state index is 0.128. The first-order valence-corrected chi connectivity index (χ1v) is 14.0. The molecule has 45 heavy (non-hydrogen) atoms. The van der Waals surface area contributed by atoms with Crippen molar-refractivity contribution in [2.45, 2.75) is 70.8 Å². The highest BCUT2D eigenvalue weighted by Crippen LogP contribution is 2.26. The van der Waals surface area contributed by atoms with Crippen molar-refractivity contribution >= 4 is 23.6 Å². The van der Waals surface area contributed by atoms with Crippen LogP contribution in [0.5, 0.6) is 5.75 Å². The lowest BCUT2D eigenvalue weighted by Gasteiger charge is -2.37. The number of aliphatic hydroxyl groups is 1. The molecule has 1 unspecified atom stereocenters. The minimum Gasteiger partial charge on any atom is -0.505 e. The number of amides is 4. The van der Waals surface area contributed by atoms with Gasteiger partial charge in [0.2, 0.25) is 23.5 Å². The van der Waals surface area contributed by atoms with E-state index in [4.69, 9.17) is 0 Å². The molecule has 1 fully saturated rings. The van der Waals surface area contributed by atoms with E-state index >= 15 is 0 Å². The number of halogens is 5. The molecule has 5 N–H and O–H groups in total. The summed E-state index contributed by atoms with van der Waals surface area (Å²) in [5.41, 5.74) is -1.86. The van der Waals surface area contributed by atoms with Crippen molar-refractivity contribution in [3.63, 3.8) is 0 Å². The van der Waals surface area contributed by atoms with E-state index in [0.717, 1.165) is 11.0 Å². The van der Waals surface area contributed by atoms with Gasteiger partial charge in [-0.15, -0.1) is 0 Å². The van der Waals surface area contributed by atoms with Gasteiger partial charge in [-0.2, -0.15) is 0 Å². The number of likely N-dealkylation sites (N-methyl/N-ethyl adjacent to an activating group) is 1. The number of nitrogens with zero attached hydrogens (tertiary/aromatic N) is 2. The molecule has 4 amide bonds. The molecule has 2 aromatic rings. The molecule has 16 heteroatoms. The Hall–Kier alpha value is -4.34. The van der Waals surface area contributed by atoms with Gasteiger partial charge < -0.3 is 31.1 Å². The molecule has 2 heterocycles. The number of benzene rings is 1. The lowest BCUT2D eigenvalue weighted by Crippen LogP contribution is -2.64. The molecule has 3 rings (SSSR count). The second-order valence-corrected chi connectivity index (χ2v) is 11.4. The number of nitrogens with one attached hydrogen (secondary N) is 3. The van der Waals surface area contributed by atoms with E-state index in [0.29, 0.717) is 0 Å². The average Bonchev–Trinajstić information content (AvgIpc) is 2.99. The molecule has 1 aliphatic rings. The van der Waals surface area contributed by atoms with Crippen LogP contribution in [0.2, 0.25) is 0 Å². The summed E-state index contributed by atoms with van der Waals surface area (Å²) in [5.74, 6) is -17.3. The number of carbonyl (C=O) groups excluding carboxylic acids is 4. The molecule has 0 saturated carbocycles. The van der Waals surface area contributed by atoms with Crippen LogP contribution in [0.25, 0.3) is 0 Å². The highest BCUT2D eigenvalue weighted by molar-refractivity contribution is 5.98. The highest BCUT2D eigenvalue weighted by Gasteiger charge is 2.41. The van der Waals surface area contributed by atoms with Crippen LogP contribution >= 0.6 is 0 Å². The standard InChI is InChI=1S/C29H34F5N5O6/c1-11(2)9-16-26(42)36-13(4)23(38-28(44)24-17(40)7-6-8-35-24)27(43)37-15(25(41)12(3)29(45)39(16)5)10-14-18(30)20(32)22(34)21(33)19(14)31/h6-8,11-13,15-16,23,25,40-41H,9-10H2,1-5H3,(H,36,42)(H,37,43)(H,38,44)/t12-,13-,15+,16?,23+,25+/m1/s1. The van der Waals surface area contributed by atoms with Gasteiger partial charge in [-0.1, -0.05) is 20.8 Å². The third-order valence-electron chi connectivity index (χ3n) is 7.62. The monoisotopic (exact) mass is 643 g/mol. The number of aromatic hydroxyl groups is 1. The van der Waals surface area contributed by atoms with Gasteiger partial charge in [-0.05, 0) is 31.4 Å². The summed E-state index contributed by atoms with van der Waals surface area (Å²) >= 11 is 0. The van der Waals surface area contributed by atoms with E-state index in [1.807, 2.05) is 0 Å². The fourth-order valence-corrected chi connectivity index (χ4v) is 5.04. The maximum absolute atomic E-state index is 14.7.